The molecule has 2 heterocycles. The first-order valence-corrected chi connectivity index (χ1v) is 8.75. The zero-order chi connectivity index (χ0) is 15.6. The van der Waals surface area contributed by atoms with Gasteiger partial charge in [0.25, 0.3) is 0 Å². The minimum absolute atomic E-state index is 0.273. The lowest BCUT2D eigenvalue weighted by atomic mass is 9.69. The van der Waals surface area contributed by atoms with Crippen LogP contribution in [-0.4, -0.2) is 36.1 Å². The Labute approximate surface area is 134 Å². The van der Waals surface area contributed by atoms with Crippen LogP contribution in [0.2, 0.25) is 0 Å². The summed E-state index contributed by atoms with van der Waals surface area (Å²) in [7, 11) is 0. The van der Waals surface area contributed by atoms with Gasteiger partial charge in [-0.1, -0.05) is 13.8 Å². The van der Waals surface area contributed by atoms with E-state index in [2.05, 4.69) is 31.0 Å². The van der Waals surface area contributed by atoms with Crippen molar-refractivity contribution in [2.24, 2.45) is 11.3 Å². The topological polar surface area (TPSA) is 47.1 Å². The predicted molar refractivity (Wildman–Crippen MR) is 87.0 cm³/mol. The second-order valence-electron chi connectivity index (χ2n) is 7.80. The summed E-state index contributed by atoms with van der Waals surface area (Å²) in [6.07, 6.45) is 8.14. The molecule has 1 aromatic rings. The minimum atomic E-state index is 0.273. The molecule has 1 aliphatic heterocycles. The van der Waals surface area contributed by atoms with Gasteiger partial charge in [0.05, 0.1) is 12.3 Å². The van der Waals surface area contributed by atoms with Gasteiger partial charge >= 0.3 is 0 Å². The molecule has 1 N–H and O–H groups in total. The Balaban J connectivity index is 1.60. The first-order chi connectivity index (χ1) is 10.6. The second kappa shape index (κ2) is 6.71. The van der Waals surface area contributed by atoms with Crippen molar-refractivity contribution < 1.29 is 9.47 Å². The van der Waals surface area contributed by atoms with E-state index < -0.39 is 0 Å². The highest BCUT2D eigenvalue weighted by Crippen LogP contribution is 2.44. The van der Waals surface area contributed by atoms with Gasteiger partial charge in [0.15, 0.2) is 0 Å². The standard InChI is InChI=1S/C18H30N2O2/c1-13-11-19-20-17(13)15-4-7-18(2,3)16(10-15)22-12-14-5-8-21-9-6-14/h11,14-16H,4-10,12H2,1-3H3,(H,19,20)/t15?,16-/m1/s1. The van der Waals surface area contributed by atoms with Gasteiger partial charge in [-0.3, -0.25) is 5.10 Å². The van der Waals surface area contributed by atoms with Crippen molar-refractivity contribution in [2.45, 2.75) is 64.9 Å². The number of ether oxygens (including phenoxy) is 2. The van der Waals surface area contributed by atoms with Crippen LogP contribution in [0.15, 0.2) is 6.20 Å². The maximum atomic E-state index is 6.42. The Kier molecular flexibility index (Phi) is 4.88. The van der Waals surface area contributed by atoms with Gasteiger partial charge in [-0.05, 0) is 55.9 Å². The fourth-order valence-corrected chi connectivity index (χ4v) is 3.89. The first-order valence-electron chi connectivity index (χ1n) is 8.75. The van der Waals surface area contributed by atoms with E-state index in [9.17, 15) is 0 Å². The van der Waals surface area contributed by atoms with E-state index in [1.165, 1.54) is 24.1 Å². The summed E-state index contributed by atoms with van der Waals surface area (Å²) in [4.78, 5) is 0. The average Bonchev–Trinajstić information content (AvgIpc) is 2.93. The molecule has 4 nitrogen and oxygen atoms in total. The summed E-state index contributed by atoms with van der Waals surface area (Å²) < 4.78 is 11.9. The van der Waals surface area contributed by atoms with Gasteiger partial charge in [0.2, 0.25) is 0 Å². The van der Waals surface area contributed by atoms with Crippen LogP contribution in [0.5, 0.6) is 0 Å². The first kappa shape index (κ1) is 16.0. The third-order valence-electron chi connectivity index (χ3n) is 5.66. The van der Waals surface area contributed by atoms with Crippen molar-refractivity contribution in [3.8, 4) is 0 Å². The molecule has 3 rings (SSSR count). The van der Waals surface area contributed by atoms with Crippen LogP contribution in [0.25, 0.3) is 0 Å². The molecule has 0 radical (unpaired) electrons. The lowest BCUT2D eigenvalue weighted by molar-refractivity contribution is -0.0797. The molecule has 1 aliphatic carbocycles. The highest BCUT2D eigenvalue weighted by atomic mass is 16.5. The molecular weight excluding hydrogens is 276 g/mol. The fraction of sp³-hybridized carbons (Fsp3) is 0.833. The van der Waals surface area contributed by atoms with Crippen molar-refractivity contribution in [2.75, 3.05) is 19.8 Å². The minimum Gasteiger partial charge on any atom is -0.381 e. The molecular formula is C18H30N2O2. The van der Waals surface area contributed by atoms with Crippen LogP contribution in [0.4, 0.5) is 0 Å². The number of aromatic amines is 1. The molecule has 2 fully saturated rings. The Morgan fingerprint density at radius 1 is 1.32 bits per heavy atom. The highest BCUT2D eigenvalue weighted by molar-refractivity contribution is 5.20. The number of nitrogens with zero attached hydrogens (tertiary/aromatic N) is 1. The number of hydrogen-bond donors (Lipinski definition) is 1. The van der Waals surface area contributed by atoms with E-state index in [-0.39, 0.29) is 5.41 Å². The molecule has 0 spiro atoms. The van der Waals surface area contributed by atoms with Gasteiger partial charge in [-0.2, -0.15) is 5.10 Å². The van der Waals surface area contributed by atoms with Gasteiger partial charge in [-0.25, -0.2) is 0 Å². The van der Waals surface area contributed by atoms with Crippen LogP contribution in [-0.2, 0) is 9.47 Å². The normalized spacial score (nSPS) is 29.6. The van der Waals surface area contributed by atoms with Gasteiger partial charge in [0.1, 0.15) is 0 Å². The Morgan fingerprint density at radius 2 is 2.09 bits per heavy atom. The molecule has 1 unspecified atom stereocenters. The van der Waals surface area contributed by atoms with E-state index >= 15 is 0 Å². The molecule has 0 bridgehead atoms. The maximum absolute atomic E-state index is 6.42. The number of rotatable bonds is 4. The van der Waals surface area contributed by atoms with Crippen LogP contribution >= 0.6 is 0 Å². The third kappa shape index (κ3) is 3.54. The summed E-state index contributed by atoms with van der Waals surface area (Å²) in [6.45, 7) is 9.56. The summed E-state index contributed by atoms with van der Waals surface area (Å²) in [5, 5.41) is 7.40. The summed E-state index contributed by atoms with van der Waals surface area (Å²) in [5.74, 6) is 1.24. The Hall–Kier alpha value is -0.870. The Morgan fingerprint density at radius 3 is 2.77 bits per heavy atom. The van der Waals surface area contributed by atoms with Gasteiger partial charge in [-0.15, -0.1) is 0 Å². The van der Waals surface area contributed by atoms with Crippen molar-refractivity contribution >= 4 is 0 Å². The monoisotopic (exact) mass is 306 g/mol. The smallest absolute Gasteiger partial charge is 0.0632 e. The van der Waals surface area contributed by atoms with Gasteiger partial charge in [0, 0.05) is 31.4 Å². The molecule has 22 heavy (non-hydrogen) atoms. The summed E-state index contributed by atoms with van der Waals surface area (Å²) in [5.41, 5.74) is 2.87. The summed E-state index contributed by atoms with van der Waals surface area (Å²) >= 11 is 0. The summed E-state index contributed by atoms with van der Waals surface area (Å²) in [6, 6.07) is 0. The largest absolute Gasteiger partial charge is 0.381 e. The molecule has 1 aromatic heterocycles. The number of H-pyrrole nitrogens is 1. The van der Waals surface area contributed by atoms with E-state index in [1.807, 2.05) is 6.20 Å². The van der Waals surface area contributed by atoms with E-state index in [0.717, 1.165) is 39.1 Å². The number of hydrogen-bond acceptors (Lipinski definition) is 3. The van der Waals surface area contributed by atoms with Crippen molar-refractivity contribution in [1.82, 2.24) is 10.2 Å². The lowest BCUT2D eigenvalue weighted by Gasteiger charge is -2.42. The molecule has 0 aromatic carbocycles. The number of aromatic nitrogens is 2. The van der Waals surface area contributed by atoms with Crippen LogP contribution in [0.1, 0.15) is 63.1 Å². The second-order valence-corrected chi connectivity index (χ2v) is 7.80. The third-order valence-corrected chi connectivity index (χ3v) is 5.66. The van der Waals surface area contributed by atoms with Crippen molar-refractivity contribution in [1.29, 1.82) is 0 Å². The van der Waals surface area contributed by atoms with E-state index in [0.29, 0.717) is 17.9 Å². The average molecular weight is 306 g/mol. The fourth-order valence-electron chi connectivity index (χ4n) is 3.89. The molecule has 4 heteroatoms. The van der Waals surface area contributed by atoms with Crippen LogP contribution < -0.4 is 0 Å². The van der Waals surface area contributed by atoms with Crippen molar-refractivity contribution in [3.63, 3.8) is 0 Å². The number of aryl methyl sites for hydroxylation is 1. The SMILES string of the molecule is Cc1cn[nH]c1C1CCC(C)(C)[C@H](OCC2CCOCC2)C1. The molecule has 2 aliphatic rings. The molecule has 1 saturated heterocycles. The Bertz CT molecular complexity index is 477. The molecule has 2 atom stereocenters. The van der Waals surface area contributed by atoms with E-state index in [4.69, 9.17) is 9.47 Å². The lowest BCUT2D eigenvalue weighted by Crippen LogP contribution is -2.39. The van der Waals surface area contributed by atoms with Gasteiger partial charge < -0.3 is 9.47 Å². The highest BCUT2D eigenvalue weighted by Gasteiger charge is 2.38. The quantitative estimate of drug-likeness (QED) is 0.920. The molecule has 0 amide bonds. The van der Waals surface area contributed by atoms with Crippen LogP contribution in [0.3, 0.4) is 0 Å². The molecule has 124 valence electrons. The zero-order valence-corrected chi connectivity index (χ0v) is 14.2. The number of nitrogens with one attached hydrogen (secondary N) is 1. The zero-order valence-electron chi connectivity index (χ0n) is 14.2. The molecule has 1 saturated carbocycles. The van der Waals surface area contributed by atoms with Crippen molar-refractivity contribution in [3.05, 3.63) is 17.5 Å². The van der Waals surface area contributed by atoms with E-state index in [1.54, 1.807) is 0 Å². The predicted octanol–water partition coefficient (Wildman–Crippen LogP) is 3.82. The van der Waals surface area contributed by atoms with Crippen LogP contribution in [0, 0.1) is 18.3 Å². The maximum Gasteiger partial charge on any atom is 0.0632 e.